The number of para-hydroxylation sites is 1. The molecule has 2 unspecified atom stereocenters. The van der Waals surface area contributed by atoms with Gasteiger partial charge in [0.15, 0.2) is 0 Å². The van der Waals surface area contributed by atoms with Crippen LogP contribution in [0.1, 0.15) is 12.6 Å². The zero-order valence-corrected chi connectivity index (χ0v) is 9.59. The maximum Gasteiger partial charge on any atom is 0.119 e. The summed E-state index contributed by atoms with van der Waals surface area (Å²) in [5.74, 6) is 0. The van der Waals surface area contributed by atoms with E-state index >= 15 is 0 Å². The summed E-state index contributed by atoms with van der Waals surface area (Å²) in [7, 11) is 2.33. The minimum Gasteiger partial charge on any atom is -0.397 e. The summed E-state index contributed by atoms with van der Waals surface area (Å²) >= 11 is 0. The van der Waals surface area contributed by atoms with E-state index in [4.69, 9.17) is 5.73 Å². The van der Waals surface area contributed by atoms with E-state index in [1.807, 2.05) is 30.3 Å². The average Bonchev–Trinajstić information content (AvgIpc) is 2.15. The Hall–Kier alpha value is -1.18. The van der Waals surface area contributed by atoms with Crippen molar-refractivity contribution in [1.29, 1.82) is 0 Å². The standard InChI is InChI=1S/C11H13N2OP/c1-11(14,15)10-8(12)6-7-4-2-3-5-9(7)13-10/h2-6,14H,12,15H2,1H3. The second kappa shape index (κ2) is 3.44. The van der Waals surface area contributed by atoms with Crippen LogP contribution in [-0.2, 0) is 5.34 Å². The van der Waals surface area contributed by atoms with Gasteiger partial charge in [0.1, 0.15) is 5.34 Å². The SMILES string of the molecule is CC(O)(P)c1nc2ccccc2cc1N. The van der Waals surface area contributed by atoms with Crippen molar-refractivity contribution in [3.63, 3.8) is 0 Å². The Morgan fingerprint density at radius 1 is 1.40 bits per heavy atom. The van der Waals surface area contributed by atoms with Crippen LogP contribution in [0.2, 0.25) is 0 Å². The minimum atomic E-state index is -1.09. The third-order valence-corrected chi connectivity index (χ3v) is 2.51. The molecule has 3 N–H and O–H groups in total. The maximum atomic E-state index is 9.85. The van der Waals surface area contributed by atoms with Crippen LogP contribution in [0, 0.1) is 0 Å². The van der Waals surface area contributed by atoms with Crippen molar-refractivity contribution < 1.29 is 5.11 Å². The first-order valence-corrected chi connectivity index (χ1v) is 5.23. The molecule has 0 saturated carbocycles. The second-order valence-corrected chi connectivity index (χ2v) is 4.89. The summed E-state index contributed by atoms with van der Waals surface area (Å²) in [4.78, 5) is 4.35. The first-order valence-electron chi connectivity index (χ1n) is 4.65. The molecule has 0 fully saturated rings. The Morgan fingerprint density at radius 3 is 2.73 bits per heavy atom. The zero-order chi connectivity index (χ0) is 11.1. The van der Waals surface area contributed by atoms with Crippen LogP contribution in [0.15, 0.2) is 30.3 Å². The molecule has 1 aromatic heterocycles. The van der Waals surface area contributed by atoms with Gasteiger partial charge in [-0.2, -0.15) is 0 Å². The van der Waals surface area contributed by atoms with Crippen LogP contribution < -0.4 is 5.73 Å². The predicted molar refractivity (Wildman–Crippen MR) is 65.4 cm³/mol. The molecule has 15 heavy (non-hydrogen) atoms. The van der Waals surface area contributed by atoms with Crippen molar-refractivity contribution in [2.24, 2.45) is 0 Å². The van der Waals surface area contributed by atoms with Gasteiger partial charge in [-0.3, -0.25) is 0 Å². The monoisotopic (exact) mass is 220 g/mol. The molecule has 0 aliphatic heterocycles. The third-order valence-electron chi connectivity index (χ3n) is 2.23. The molecule has 4 heteroatoms. The van der Waals surface area contributed by atoms with Crippen molar-refractivity contribution in [2.75, 3.05) is 5.73 Å². The van der Waals surface area contributed by atoms with E-state index in [-0.39, 0.29) is 0 Å². The molecule has 0 aliphatic carbocycles. The summed E-state index contributed by atoms with van der Waals surface area (Å²) in [6, 6.07) is 9.51. The number of fused-ring (bicyclic) bond motifs is 1. The Kier molecular flexibility index (Phi) is 2.37. The van der Waals surface area contributed by atoms with Gasteiger partial charge in [0.25, 0.3) is 0 Å². The number of aromatic nitrogens is 1. The summed E-state index contributed by atoms with van der Waals surface area (Å²) < 4.78 is 0. The van der Waals surface area contributed by atoms with Gasteiger partial charge in [0.2, 0.25) is 0 Å². The van der Waals surface area contributed by atoms with Crippen molar-refractivity contribution in [2.45, 2.75) is 12.3 Å². The van der Waals surface area contributed by atoms with E-state index in [0.29, 0.717) is 11.4 Å². The smallest absolute Gasteiger partial charge is 0.119 e. The lowest BCUT2D eigenvalue weighted by Crippen LogP contribution is -2.16. The minimum absolute atomic E-state index is 0.492. The third kappa shape index (κ3) is 1.94. The first-order chi connectivity index (χ1) is 6.98. The zero-order valence-electron chi connectivity index (χ0n) is 8.44. The van der Waals surface area contributed by atoms with Crippen LogP contribution in [0.3, 0.4) is 0 Å². The number of nitrogens with two attached hydrogens (primary N) is 1. The number of nitrogens with zero attached hydrogens (tertiary/aromatic N) is 1. The number of hydrogen-bond acceptors (Lipinski definition) is 3. The molecule has 2 rings (SSSR count). The Balaban J connectivity index is 2.73. The molecule has 78 valence electrons. The van der Waals surface area contributed by atoms with Crippen LogP contribution >= 0.6 is 9.24 Å². The molecule has 0 saturated heterocycles. The topological polar surface area (TPSA) is 59.1 Å². The van der Waals surface area contributed by atoms with Gasteiger partial charge in [0.05, 0.1) is 16.9 Å². The molecule has 0 radical (unpaired) electrons. The predicted octanol–water partition coefficient (Wildman–Crippen LogP) is 1.86. The fourth-order valence-corrected chi connectivity index (χ4v) is 1.77. The highest BCUT2D eigenvalue weighted by Crippen LogP contribution is 2.32. The molecule has 1 heterocycles. The lowest BCUT2D eigenvalue weighted by molar-refractivity contribution is 0.154. The molecular weight excluding hydrogens is 207 g/mol. The van der Waals surface area contributed by atoms with Crippen molar-refractivity contribution >= 4 is 25.8 Å². The van der Waals surface area contributed by atoms with E-state index < -0.39 is 5.34 Å². The van der Waals surface area contributed by atoms with Gasteiger partial charge in [0, 0.05) is 5.39 Å². The highest BCUT2D eigenvalue weighted by molar-refractivity contribution is 7.18. The molecule has 1 aromatic carbocycles. The average molecular weight is 220 g/mol. The van der Waals surface area contributed by atoms with E-state index in [2.05, 4.69) is 14.2 Å². The summed E-state index contributed by atoms with van der Waals surface area (Å²) in [6.45, 7) is 1.64. The molecule has 2 atom stereocenters. The number of benzene rings is 1. The van der Waals surface area contributed by atoms with E-state index in [1.54, 1.807) is 6.92 Å². The molecule has 0 spiro atoms. The lowest BCUT2D eigenvalue weighted by Gasteiger charge is -2.18. The van der Waals surface area contributed by atoms with Crippen molar-refractivity contribution in [1.82, 2.24) is 4.98 Å². The summed E-state index contributed by atoms with van der Waals surface area (Å²) in [5.41, 5.74) is 7.67. The van der Waals surface area contributed by atoms with Crippen LogP contribution in [0.4, 0.5) is 5.69 Å². The van der Waals surface area contributed by atoms with E-state index in [0.717, 1.165) is 10.9 Å². The Labute approximate surface area is 90.5 Å². The summed E-state index contributed by atoms with van der Waals surface area (Å²) in [5, 5.41) is 9.74. The van der Waals surface area contributed by atoms with Gasteiger partial charge in [-0.05, 0) is 19.1 Å². The van der Waals surface area contributed by atoms with Crippen molar-refractivity contribution in [3.8, 4) is 0 Å². The number of nitrogen functional groups attached to an aromatic ring is 1. The van der Waals surface area contributed by atoms with E-state index in [1.165, 1.54) is 0 Å². The molecule has 0 aliphatic rings. The fraction of sp³-hybridized carbons (Fsp3) is 0.182. The van der Waals surface area contributed by atoms with Gasteiger partial charge in [-0.25, -0.2) is 4.98 Å². The number of aliphatic hydroxyl groups is 1. The molecule has 0 bridgehead atoms. The van der Waals surface area contributed by atoms with Gasteiger partial charge < -0.3 is 10.8 Å². The largest absolute Gasteiger partial charge is 0.397 e. The maximum absolute atomic E-state index is 9.85. The normalized spacial score (nSPS) is 15.1. The molecule has 0 amide bonds. The van der Waals surface area contributed by atoms with Crippen LogP contribution in [0.5, 0.6) is 0 Å². The molecule has 3 nitrogen and oxygen atoms in total. The van der Waals surface area contributed by atoms with Crippen LogP contribution in [0.25, 0.3) is 10.9 Å². The molecule has 2 aromatic rings. The van der Waals surface area contributed by atoms with Gasteiger partial charge in [-0.1, -0.05) is 27.4 Å². The summed E-state index contributed by atoms with van der Waals surface area (Å²) in [6.07, 6.45) is 0. The lowest BCUT2D eigenvalue weighted by atomic mass is 10.1. The van der Waals surface area contributed by atoms with Crippen LogP contribution in [-0.4, -0.2) is 10.1 Å². The van der Waals surface area contributed by atoms with Crippen molar-refractivity contribution in [3.05, 3.63) is 36.0 Å². The fourth-order valence-electron chi connectivity index (χ4n) is 1.54. The quantitative estimate of drug-likeness (QED) is 0.721. The Bertz CT molecular complexity index is 505. The Morgan fingerprint density at radius 2 is 2.07 bits per heavy atom. The number of hydrogen-bond donors (Lipinski definition) is 2. The second-order valence-electron chi connectivity index (χ2n) is 3.77. The first kappa shape index (κ1) is 10.3. The van der Waals surface area contributed by atoms with Gasteiger partial charge >= 0.3 is 0 Å². The highest BCUT2D eigenvalue weighted by Gasteiger charge is 2.21. The van der Waals surface area contributed by atoms with Gasteiger partial charge in [-0.15, -0.1) is 0 Å². The highest BCUT2D eigenvalue weighted by atomic mass is 31.0. The molecular formula is C11H13N2OP. The number of anilines is 1. The number of pyridine rings is 1. The number of rotatable bonds is 1. The van der Waals surface area contributed by atoms with E-state index in [9.17, 15) is 5.11 Å².